The summed E-state index contributed by atoms with van der Waals surface area (Å²) >= 11 is 6.90. The highest BCUT2D eigenvalue weighted by atomic mass is 79.9. The molecule has 0 aliphatic heterocycles. The average Bonchev–Trinajstić information content (AvgIpc) is 2.47. The van der Waals surface area contributed by atoms with Crippen molar-refractivity contribution in [2.75, 3.05) is 5.33 Å². The zero-order chi connectivity index (χ0) is 15.1. The molecule has 21 heavy (non-hydrogen) atoms. The zero-order valence-electron chi connectivity index (χ0n) is 11.6. The average molecular weight is 411 g/mol. The summed E-state index contributed by atoms with van der Waals surface area (Å²) < 4.78 is 0.995. The molecule has 0 bridgehead atoms. The van der Waals surface area contributed by atoms with E-state index in [1.54, 1.807) is 0 Å². The summed E-state index contributed by atoms with van der Waals surface area (Å²) in [4.78, 5) is 12.1. The maximum absolute atomic E-state index is 12.1. The van der Waals surface area contributed by atoms with Crippen LogP contribution < -0.4 is 5.32 Å². The minimum atomic E-state index is 0.0495. The summed E-state index contributed by atoms with van der Waals surface area (Å²) in [7, 11) is 0. The van der Waals surface area contributed by atoms with Crippen LogP contribution in [0, 0.1) is 0 Å². The zero-order valence-corrected chi connectivity index (χ0v) is 14.7. The lowest BCUT2D eigenvalue weighted by Gasteiger charge is -2.16. The highest BCUT2D eigenvalue weighted by Crippen LogP contribution is 2.12. The van der Waals surface area contributed by atoms with E-state index in [0.29, 0.717) is 6.42 Å². The van der Waals surface area contributed by atoms with E-state index in [4.69, 9.17) is 0 Å². The van der Waals surface area contributed by atoms with Gasteiger partial charge in [0.2, 0.25) is 5.91 Å². The molecular weight excluding hydrogens is 394 g/mol. The van der Waals surface area contributed by atoms with Crippen LogP contribution in [-0.2, 0) is 17.6 Å². The molecule has 2 aromatic carbocycles. The van der Waals surface area contributed by atoms with Crippen LogP contribution in [0.1, 0.15) is 11.1 Å². The van der Waals surface area contributed by atoms with Gasteiger partial charge in [0.15, 0.2) is 0 Å². The maximum atomic E-state index is 12.1. The smallest absolute Gasteiger partial charge is 0.224 e. The van der Waals surface area contributed by atoms with Crippen molar-refractivity contribution >= 4 is 37.8 Å². The standard InChI is InChI=1S/C17H17Br2NO/c18-12-16(10-13-5-2-1-3-6-13)20-17(21)11-14-7-4-8-15(19)9-14/h1-9,16H,10-12H2,(H,20,21). The molecular formula is C17H17Br2NO. The van der Waals surface area contributed by atoms with Crippen LogP contribution in [0.4, 0.5) is 0 Å². The van der Waals surface area contributed by atoms with Crippen molar-refractivity contribution in [3.8, 4) is 0 Å². The first kappa shape index (κ1) is 16.2. The summed E-state index contributed by atoms with van der Waals surface area (Å²) in [5.74, 6) is 0.0495. The first-order valence-electron chi connectivity index (χ1n) is 6.81. The van der Waals surface area contributed by atoms with Crippen molar-refractivity contribution in [3.63, 3.8) is 0 Å². The quantitative estimate of drug-likeness (QED) is 0.713. The van der Waals surface area contributed by atoms with E-state index in [1.807, 2.05) is 42.5 Å². The van der Waals surface area contributed by atoms with Gasteiger partial charge >= 0.3 is 0 Å². The summed E-state index contributed by atoms with van der Waals surface area (Å²) in [6, 6.07) is 18.1. The third-order valence-corrected chi connectivity index (χ3v) is 4.40. The van der Waals surface area contributed by atoms with Crippen LogP contribution in [0.2, 0.25) is 0 Å². The second-order valence-electron chi connectivity index (χ2n) is 4.92. The first-order chi connectivity index (χ1) is 10.2. The molecule has 0 saturated heterocycles. The predicted molar refractivity (Wildman–Crippen MR) is 93.7 cm³/mol. The fourth-order valence-electron chi connectivity index (χ4n) is 2.15. The topological polar surface area (TPSA) is 29.1 Å². The monoisotopic (exact) mass is 409 g/mol. The molecule has 0 aromatic heterocycles. The molecule has 1 N–H and O–H groups in total. The number of halogens is 2. The van der Waals surface area contributed by atoms with E-state index in [1.165, 1.54) is 5.56 Å². The lowest BCUT2D eigenvalue weighted by Crippen LogP contribution is -2.38. The molecule has 0 spiro atoms. The summed E-state index contributed by atoms with van der Waals surface area (Å²) in [6.45, 7) is 0. The molecule has 110 valence electrons. The Hall–Kier alpha value is -1.13. The minimum Gasteiger partial charge on any atom is -0.352 e. The molecule has 1 unspecified atom stereocenters. The number of alkyl halides is 1. The van der Waals surface area contributed by atoms with E-state index in [9.17, 15) is 4.79 Å². The molecule has 0 radical (unpaired) electrons. The van der Waals surface area contributed by atoms with Gasteiger partial charge in [0.05, 0.1) is 6.42 Å². The number of amides is 1. The molecule has 0 aliphatic rings. The van der Waals surface area contributed by atoms with Crippen molar-refractivity contribution < 1.29 is 4.79 Å². The van der Waals surface area contributed by atoms with Crippen LogP contribution in [0.5, 0.6) is 0 Å². The second kappa shape index (κ2) is 8.35. The van der Waals surface area contributed by atoms with Crippen LogP contribution >= 0.6 is 31.9 Å². The predicted octanol–water partition coefficient (Wildman–Crippen LogP) is 4.11. The Balaban J connectivity index is 1.90. The van der Waals surface area contributed by atoms with Crippen LogP contribution in [-0.4, -0.2) is 17.3 Å². The summed E-state index contributed by atoms with van der Waals surface area (Å²) in [5.41, 5.74) is 2.24. The van der Waals surface area contributed by atoms with Gasteiger partial charge in [-0.2, -0.15) is 0 Å². The third kappa shape index (κ3) is 5.64. The van der Waals surface area contributed by atoms with Crippen LogP contribution in [0.3, 0.4) is 0 Å². The second-order valence-corrected chi connectivity index (χ2v) is 6.48. The van der Waals surface area contributed by atoms with Crippen molar-refractivity contribution in [3.05, 3.63) is 70.2 Å². The lowest BCUT2D eigenvalue weighted by molar-refractivity contribution is -0.121. The molecule has 4 heteroatoms. The summed E-state index contributed by atoms with van der Waals surface area (Å²) in [5, 5.41) is 3.82. The van der Waals surface area contributed by atoms with Gasteiger partial charge < -0.3 is 5.32 Å². The Morgan fingerprint density at radius 2 is 1.76 bits per heavy atom. The van der Waals surface area contributed by atoms with Crippen molar-refractivity contribution in [2.24, 2.45) is 0 Å². The lowest BCUT2D eigenvalue weighted by atomic mass is 10.1. The minimum absolute atomic E-state index is 0.0495. The Morgan fingerprint density at radius 1 is 1.05 bits per heavy atom. The SMILES string of the molecule is O=C(Cc1cccc(Br)c1)NC(CBr)Cc1ccccc1. The number of hydrogen-bond donors (Lipinski definition) is 1. The van der Waals surface area contributed by atoms with Gasteiger partial charge in [-0.05, 0) is 29.7 Å². The highest BCUT2D eigenvalue weighted by Gasteiger charge is 2.12. The number of benzene rings is 2. The van der Waals surface area contributed by atoms with Gasteiger partial charge in [0.1, 0.15) is 0 Å². The fourth-order valence-corrected chi connectivity index (χ4v) is 2.99. The third-order valence-electron chi connectivity index (χ3n) is 3.13. The molecule has 0 fully saturated rings. The molecule has 2 aromatic rings. The van der Waals surface area contributed by atoms with Gasteiger partial charge in [0.25, 0.3) is 0 Å². The Morgan fingerprint density at radius 3 is 2.43 bits per heavy atom. The van der Waals surface area contributed by atoms with Crippen LogP contribution in [0.25, 0.3) is 0 Å². The van der Waals surface area contributed by atoms with Crippen molar-refractivity contribution in [1.29, 1.82) is 0 Å². The first-order valence-corrected chi connectivity index (χ1v) is 8.72. The molecule has 0 aliphatic carbocycles. The number of nitrogens with one attached hydrogen (secondary N) is 1. The van der Waals surface area contributed by atoms with Gasteiger partial charge in [-0.1, -0.05) is 74.3 Å². The highest BCUT2D eigenvalue weighted by molar-refractivity contribution is 9.10. The molecule has 1 amide bonds. The van der Waals surface area contributed by atoms with Gasteiger partial charge in [0, 0.05) is 15.8 Å². The summed E-state index contributed by atoms with van der Waals surface area (Å²) in [6.07, 6.45) is 1.23. The van der Waals surface area contributed by atoms with E-state index in [2.05, 4.69) is 49.3 Å². The van der Waals surface area contributed by atoms with Gasteiger partial charge in [-0.25, -0.2) is 0 Å². The normalized spacial score (nSPS) is 11.9. The molecule has 2 rings (SSSR count). The number of rotatable bonds is 6. The van der Waals surface area contributed by atoms with Gasteiger partial charge in [-0.15, -0.1) is 0 Å². The maximum Gasteiger partial charge on any atom is 0.224 e. The number of hydrogen-bond acceptors (Lipinski definition) is 1. The fraction of sp³-hybridized carbons (Fsp3) is 0.235. The molecule has 0 saturated carbocycles. The van der Waals surface area contributed by atoms with E-state index in [-0.39, 0.29) is 11.9 Å². The van der Waals surface area contributed by atoms with E-state index in [0.717, 1.165) is 21.8 Å². The van der Waals surface area contributed by atoms with Gasteiger partial charge in [-0.3, -0.25) is 4.79 Å². The Kier molecular flexibility index (Phi) is 6.46. The molecule has 1 atom stereocenters. The van der Waals surface area contributed by atoms with Crippen LogP contribution in [0.15, 0.2) is 59.1 Å². The van der Waals surface area contributed by atoms with E-state index < -0.39 is 0 Å². The Labute approximate surface area is 142 Å². The number of carbonyl (C=O) groups is 1. The van der Waals surface area contributed by atoms with Crippen molar-refractivity contribution in [1.82, 2.24) is 5.32 Å². The van der Waals surface area contributed by atoms with Crippen molar-refractivity contribution in [2.45, 2.75) is 18.9 Å². The number of carbonyl (C=O) groups excluding carboxylic acids is 1. The Bertz CT molecular complexity index is 586. The largest absolute Gasteiger partial charge is 0.352 e. The molecule has 0 heterocycles. The van der Waals surface area contributed by atoms with E-state index >= 15 is 0 Å². The molecule has 2 nitrogen and oxygen atoms in total.